The third-order valence-electron chi connectivity index (χ3n) is 1.57. The molecule has 1 heterocycles. The number of aliphatic hydroxyl groups excluding tert-OH is 1. The summed E-state index contributed by atoms with van der Waals surface area (Å²) in [7, 11) is 0. The number of hydrogen-bond donors (Lipinski definition) is 2. The van der Waals surface area contributed by atoms with Crippen molar-refractivity contribution in [3.05, 3.63) is 0 Å². The molecule has 2 N–H and O–H groups in total. The van der Waals surface area contributed by atoms with E-state index in [1.165, 1.54) is 0 Å². The largest absolute Gasteiger partial charge is 0.362 e. The molecule has 0 bridgehead atoms. The highest BCUT2D eigenvalue weighted by Crippen LogP contribution is 2.14. The molecule has 1 saturated heterocycles. The van der Waals surface area contributed by atoms with Crippen LogP contribution in [0.3, 0.4) is 0 Å². The molecule has 2 unspecified atom stereocenters. The van der Waals surface area contributed by atoms with Gasteiger partial charge in [0.25, 0.3) is 0 Å². The molecule has 5 heteroatoms. The van der Waals surface area contributed by atoms with Crippen LogP contribution < -0.4 is 0 Å². The maximum atomic E-state index is 10.8. The lowest BCUT2D eigenvalue weighted by molar-refractivity contribution is -0.259. The van der Waals surface area contributed by atoms with Gasteiger partial charge in [-0.05, 0) is 0 Å². The van der Waals surface area contributed by atoms with Gasteiger partial charge in [0.05, 0.1) is 13.2 Å². The Morgan fingerprint density at radius 1 is 1.73 bits per heavy atom. The van der Waals surface area contributed by atoms with Crippen LogP contribution in [-0.4, -0.2) is 35.7 Å². The number of rotatable bonds is 2. The first-order chi connectivity index (χ1) is 5.24. The zero-order valence-electron chi connectivity index (χ0n) is 5.90. The van der Waals surface area contributed by atoms with E-state index in [2.05, 4.69) is 9.62 Å². The topological polar surface area (TPSA) is 76.0 Å². The fraction of sp³-hybridized carbons (Fsp3) is 0.833. The van der Waals surface area contributed by atoms with E-state index in [1.54, 1.807) is 0 Å². The predicted molar refractivity (Wildman–Crippen MR) is 33.7 cm³/mol. The molecule has 2 atom stereocenters. The zero-order chi connectivity index (χ0) is 8.27. The number of Topliss-reactive ketones (excluding diaryl/α,β-unsaturated/α-hetero) is 1. The fourth-order valence-corrected chi connectivity index (χ4v) is 0.977. The van der Waals surface area contributed by atoms with E-state index in [0.717, 1.165) is 0 Å². The van der Waals surface area contributed by atoms with Gasteiger partial charge in [-0.3, -0.25) is 10.1 Å². The molecule has 0 amide bonds. The average Bonchev–Trinajstić information content (AvgIpc) is 1.98. The molecule has 0 radical (unpaired) electrons. The van der Waals surface area contributed by atoms with Gasteiger partial charge in [0.1, 0.15) is 0 Å². The van der Waals surface area contributed by atoms with Crippen molar-refractivity contribution in [2.24, 2.45) is 5.92 Å². The van der Waals surface area contributed by atoms with Gasteiger partial charge in [0, 0.05) is 12.3 Å². The molecule has 1 aliphatic rings. The second-order valence-corrected chi connectivity index (χ2v) is 2.52. The Hall–Kier alpha value is -0.490. The van der Waals surface area contributed by atoms with Crippen LogP contribution in [0.15, 0.2) is 0 Å². The van der Waals surface area contributed by atoms with Crippen molar-refractivity contribution in [3.63, 3.8) is 0 Å². The third-order valence-corrected chi connectivity index (χ3v) is 1.57. The summed E-state index contributed by atoms with van der Waals surface area (Å²) in [6, 6.07) is 0. The third kappa shape index (κ3) is 2.23. The maximum Gasteiger partial charge on any atom is 0.215 e. The van der Waals surface area contributed by atoms with Crippen LogP contribution in [0.1, 0.15) is 6.42 Å². The first-order valence-corrected chi connectivity index (χ1v) is 3.32. The van der Waals surface area contributed by atoms with E-state index >= 15 is 0 Å². The fourth-order valence-electron chi connectivity index (χ4n) is 0.977. The van der Waals surface area contributed by atoms with Crippen LogP contribution in [0.4, 0.5) is 0 Å². The van der Waals surface area contributed by atoms with Crippen LogP contribution in [0, 0.1) is 5.92 Å². The number of aliphatic hydroxyl groups is 1. The molecule has 0 aromatic carbocycles. The maximum absolute atomic E-state index is 10.8. The highest BCUT2D eigenvalue weighted by atomic mass is 17.1. The number of carbonyl (C=O) groups is 1. The predicted octanol–water partition coefficient (Wildman–Crippen LogP) is -0.600. The van der Waals surface area contributed by atoms with Gasteiger partial charge < -0.3 is 9.84 Å². The Kier molecular flexibility index (Phi) is 2.95. The Bertz CT molecular complexity index is 146. The monoisotopic (exact) mass is 162 g/mol. The lowest BCUT2D eigenvalue weighted by atomic mass is 10.0. The van der Waals surface area contributed by atoms with E-state index in [4.69, 9.17) is 10.4 Å². The van der Waals surface area contributed by atoms with Crippen LogP contribution in [0.2, 0.25) is 0 Å². The molecule has 1 rings (SSSR count). The number of carbonyl (C=O) groups excluding carboxylic acids is 1. The normalized spacial score (nSPS) is 32.4. The summed E-state index contributed by atoms with van der Waals surface area (Å²) >= 11 is 0. The second-order valence-electron chi connectivity index (χ2n) is 2.52. The summed E-state index contributed by atoms with van der Waals surface area (Å²) in [4.78, 5) is 14.6. The summed E-state index contributed by atoms with van der Waals surface area (Å²) in [5.74, 6) is -0.505. The quantitative estimate of drug-likeness (QED) is 0.419. The van der Waals surface area contributed by atoms with Gasteiger partial charge in [0.2, 0.25) is 6.29 Å². The first kappa shape index (κ1) is 8.61. The smallest absolute Gasteiger partial charge is 0.215 e. The zero-order valence-corrected chi connectivity index (χ0v) is 5.90. The Morgan fingerprint density at radius 3 is 3.00 bits per heavy atom. The van der Waals surface area contributed by atoms with E-state index < -0.39 is 6.29 Å². The molecule has 0 aliphatic carbocycles. The van der Waals surface area contributed by atoms with Crippen molar-refractivity contribution in [3.8, 4) is 0 Å². The minimum atomic E-state index is -1.29. The molecule has 0 aromatic heterocycles. The van der Waals surface area contributed by atoms with Gasteiger partial charge in [-0.15, -0.1) is 0 Å². The molecule has 11 heavy (non-hydrogen) atoms. The molecule has 5 nitrogen and oxygen atoms in total. The van der Waals surface area contributed by atoms with Gasteiger partial charge in [-0.1, -0.05) is 0 Å². The SMILES string of the molecule is O=C1CC(COO)COC1O. The lowest BCUT2D eigenvalue weighted by Gasteiger charge is -2.23. The minimum Gasteiger partial charge on any atom is -0.362 e. The molecule has 0 saturated carbocycles. The van der Waals surface area contributed by atoms with Crippen molar-refractivity contribution >= 4 is 5.78 Å². The van der Waals surface area contributed by atoms with Gasteiger partial charge in [-0.2, -0.15) is 0 Å². The first-order valence-electron chi connectivity index (χ1n) is 3.32. The van der Waals surface area contributed by atoms with Crippen LogP contribution in [0.25, 0.3) is 0 Å². The summed E-state index contributed by atoms with van der Waals surface area (Å²) < 4.78 is 4.67. The van der Waals surface area contributed by atoms with Gasteiger partial charge in [-0.25, -0.2) is 4.89 Å². The summed E-state index contributed by atoms with van der Waals surface area (Å²) in [5, 5.41) is 16.8. The van der Waals surface area contributed by atoms with E-state index in [1.807, 2.05) is 0 Å². The Labute approximate surface area is 63.5 Å². The number of hydrogen-bond acceptors (Lipinski definition) is 5. The highest BCUT2D eigenvalue weighted by Gasteiger charge is 2.27. The second kappa shape index (κ2) is 3.77. The summed E-state index contributed by atoms with van der Waals surface area (Å²) in [6.07, 6.45) is -1.09. The molecule has 0 spiro atoms. The minimum absolute atomic E-state index is 0.0679. The molecule has 1 aliphatic heterocycles. The van der Waals surface area contributed by atoms with Crippen molar-refractivity contribution in [1.82, 2.24) is 0 Å². The Balaban J connectivity index is 2.34. The molecule has 0 aromatic rings. The molecule has 64 valence electrons. The van der Waals surface area contributed by atoms with E-state index in [9.17, 15) is 4.79 Å². The van der Waals surface area contributed by atoms with Crippen molar-refractivity contribution in [1.29, 1.82) is 0 Å². The van der Waals surface area contributed by atoms with Crippen molar-refractivity contribution < 1.29 is 24.8 Å². The summed E-state index contributed by atoms with van der Waals surface area (Å²) in [5.41, 5.74) is 0. The highest BCUT2D eigenvalue weighted by molar-refractivity contribution is 5.82. The van der Waals surface area contributed by atoms with Crippen molar-refractivity contribution in [2.45, 2.75) is 12.7 Å². The summed E-state index contributed by atoms with van der Waals surface area (Å²) in [6.45, 7) is 0.311. The molecule has 1 fully saturated rings. The number of ketones is 1. The number of ether oxygens (including phenoxy) is 1. The van der Waals surface area contributed by atoms with Crippen LogP contribution in [0.5, 0.6) is 0 Å². The molecular weight excluding hydrogens is 152 g/mol. The lowest BCUT2D eigenvalue weighted by Crippen LogP contribution is -2.36. The Morgan fingerprint density at radius 2 is 2.45 bits per heavy atom. The van der Waals surface area contributed by atoms with Crippen LogP contribution in [-0.2, 0) is 14.4 Å². The van der Waals surface area contributed by atoms with Crippen molar-refractivity contribution in [2.75, 3.05) is 13.2 Å². The molecular formula is C6H10O5. The van der Waals surface area contributed by atoms with Gasteiger partial charge >= 0.3 is 0 Å². The van der Waals surface area contributed by atoms with Crippen LogP contribution >= 0.6 is 0 Å². The average molecular weight is 162 g/mol. The standard InChI is InChI=1S/C6H10O5/c7-5-1-4(3-11-9)2-10-6(5)8/h4,6,8-9H,1-3H2. The van der Waals surface area contributed by atoms with E-state index in [-0.39, 0.29) is 31.3 Å². The van der Waals surface area contributed by atoms with E-state index in [0.29, 0.717) is 0 Å². The van der Waals surface area contributed by atoms with Gasteiger partial charge in [0.15, 0.2) is 5.78 Å².